The Morgan fingerprint density at radius 1 is 1.32 bits per heavy atom. The molecule has 0 aromatic carbocycles. The van der Waals surface area contributed by atoms with Gasteiger partial charge in [-0.3, -0.25) is 4.90 Å². The van der Waals surface area contributed by atoms with Gasteiger partial charge in [0.1, 0.15) is 5.82 Å². The van der Waals surface area contributed by atoms with Gasteiger partial charge in [-0.1, -0.05) is 6.92 Å². The monoisotopic (exact) mass is 307 g/mol. The van der Waals surface area contributed by atoms with Crippen molar-refractivity contribution >= 4 is 0 Å². The summed E-state index contributed by atoms with van der Waals surface area (Å²) in [5, 5.41) is 0. The van der Waals surface area contributed by atoms with Gasteiger partial charge < -0.3 is 14.0 Å². The van der Waals surface area contributed by atoms with E-state index in [0.717, 1.165) is 39.1 Å². The first-order valence-corrected chi connectivity index (χ1v) is 8.84. The van der Waals surface area contributed by atoms with Crippen molar-refractivity contribution in [3.63, 3.8) is 0 Å². The lowest BCUT2D eigenvalue weighted by molar-refractivity contribution is -0.164. The van der Waals surface area contributed by atoms with E-state index in [1.165, 1.54) is 38.1 Å². The van der Waals surface area contributed by atoms with E-state index in [1.807, 2.05) is 6.20 Å². The molecule has 124 valence electrons. The predicted molar refractivity (Wildman–Crippen MR) is 85.9 cm³/mol. The van der Waals surface area contributed by atoms with E-state index in [9.17, 15) is 0 Å². The van der Waals surface area contributed by atoms with Crippen molar-refractivity contribution in [1.82, 2.24) is 14.5 Å². The van der Waals surface area contributed by atoms with Crippen LogP contribution in [-0.2, 0) is 15.9 Å². The number of likely N-dealkylation sites (tertiary alicyclic amines) is 1. The maximum absolute atomic E-state index is 5.87. The lowest BCUT2D eigenvalue weighted by atomic mass is 10.1. The summed E-state index contributed by atoms with van der Waals surface area (Å²) >= 11 is 0. The van der Waals surface area contributed by atoms with Crippen molar-refractivity contribution in [3.8, 4) is 0 Å². The minimum atomic E-state index is 0.0367. The Hall–Kier alpha value is -0.910. The van der Waals surface area contributed by atoms with Gasteiger partial charge in [-0.05, 0) is 38.6 Å². The third-order valence-corrected chi connectivity index (χ3v) is 4.79. The third-order valence-electron chi connectivity index (χ3n) is 4.79. The molecular weight excluding hydrogens is 278 g/mol. The molecule has 0 amide bonds. The minimum absolute atomic E-state index is 0.0367. The van der Waals surface area contributed by atoms with E-state index in [4.69, 9.17) is 9.47 Å². The Kier molecular flexibility index (Phi) is 5.87. The molecule has 5 heteroatoms. The van der Waals surface area contributed by atoms with Crippen molar-refractivity contribution < 1.29 is 9.47 Å². The van der Waals surface area contributed by atoms with Crippen molar-refractivity contribution in [2.75, 3.05) is 32.8 Å². The minimum Gasteiger partial charge on any atom is -0.353 e. The van der Waals surface area contributed by atoms with Gasteiger partial charge >= 0.3 is 0 Å². The quantitative estimate of drug-likeness (QED) is 0.810. The van der Waals surface area contributed by atoms with Crippen LogP contribution in [0.3, 0.4) is 0 Å². The van der Waals surface area contributed by atoms with Gasteiger partial charge in [0.15, 0.2) is 6.29 Å². The standard InChI is InChI=1S/C17H29N3O2/c1-2-16-18-8-10-20(16)15-6-5-9-19(14-15)11-13-22-17-7-3-4-12-21-17/h8,10,15,17H,2-7,9,11-14H2,1H3/t15-,17+/m0/s1. The molecule has 2 saturated heterocycles. The fourth-order valence-electron chi connectivity index (χ4n) is 3.57. The van der Waals surface area contributed by atoms with Crippen molar-refractivity contribution in [3.05, 3.63) is 18.2 Å². The number of aromatic nitrogens is 2. The number of piperidine rings is 1. The molecule has 0 N–H and O–H groups in total. The zero-order chi connectivity index (χ0) is 15.2. The Morgan fingerprint density at radius 2 is 2.27 bits per heavy atom. The second-order valence-electron chi connectivity index (χ2n) is 6.37. The second-order valence-corrected chi connectivity index (χ2v) is 6.37. The largest absolute Gasteiger partial charge is 0.353 e. The summed E-state index contributed by atoms with van der Waals surface area (Å²) in [4.78, 5) is 6.99. The van der Waals surface area contributed by atoms with E-state index < -0.39 is 0 Å². The molecule has 1 aromatic heterocycles. The molecule has 2 aliphatic heterocycles. The van der Waals surface area contributed by atoms with Gasteiger partial charge in [-0.25, -0.2) is 4.98 Å². The Labute approximate surface area is 133 Å². The summed E-state index contributed by atoms with van der Waals surface area (Å²) in [7, 11) is 0. The Balaban J connectivity index is 1.44. The highest BCUT2D eigenvalue weighted by Gasteiger charge is 2.22. The summed E-state index contributed by atoms with van der Waals surface area (Å²) in [6.07, 6.45) is 11.1. The highest BCUT2D eigenvalue weighted by Crippen LogP contribution is 2.23. The lowest BCUT2D eigenvalue weighted by Crippen LogP contribution is -2.39. The molecule has 2 aliphatic rings. The zero-order valence-electron chi connectivity index (χ0n) is 13.7. The molecule has 0 spiro atoms. The average molecular weight is 307 g/mol. The first-order chi connectivity index (χ1) is 10.9. The van der Waals surface area contributed by atoms with Gasteiger partial charge in [-0.2, -0.15) is 0 Å². The number of ether oxygens (including phenoxy) is 2. The van der Waals surface area contributed by atoms with E-state index in [0.29, 0.717) is 6.04 Å². The molecular formula is C17H29N3O2. The van der Waals surface area contributed by atoms with Crippen LogP contribution in [0.5, 0.6) is 0 Å². The number of hydrogen-bond acceptors (Lipinski definition) is 4. The van der Waals surface area contributed by atoms with Gasteiger partial charge in [0.05, 0.1) is 6.61 Å². The van der Waals surface area contributed by atoms with Gasteiger partial charge in [-0.15, -0.1) is 0 Å². The van der Waals surface area contributed by atoms with Crippen LogP contribution in [0.2, 0.25) is 0 Å². The van der Waals surface area contributed by atoms with Crippen LogP contribution in [-0.4, -0.2) is 53.6 Å². The van der Waals surface area contributed by atoms with Crippen LogP contribution < -0.4 is 0 Å². The molecule has 0 bridgehead atoms. The predicted octanol–water partition coefficient (Wildman–Crippen LogP) is 2.63. The highest BCUT2D eigenvalue weighted by molar-refractivity contribution is 4.96. The van der Waals surface area contributed by atoms with Crippen LogP contribution >= 0.6 is 0 Å². The number of hydrogen-bond donors (Lipinski definition) is 0. The molecule has 22 heavy (non-hydrogen) atoms. The summed E-state index contributed by atoms with van der Waals surface area (Å²) in [6.45, 7) is 7.11. The van der Waals surface area contributed by atoms with Crippen LogP contribution in [0.4, 0.5) is 0 Å². The van der Waals surface area contributed by atoms with Crippen LogP contribution in [0.1, 0.15) is 50.9 Å². The van der Waals surface area contributed by atoms with Gasteiger partial charge in [0.25, 0.3) is 0 Å². The lowest BCUT2D eigenvalue weighted by Gasteiger charge is -2.34. The van der Waals surface area contributed by atoms with Crippen molar-refractivity contribution in [2.45, 2.75) is 57.8 Å². The maximum Gasteiger partial charge on any atom is 0.157 e. The van der Waals surface area contributed by atoms with E-state index in [2.05, 4.69) is 27.6 Å². The van der Waals surface area contributed by atoms with Crippen LogP contribution in [0, 0.1) is 0 Å². The number of rotatable bonds is 6. The van der Waals surface area contributed by atoms with E-state index in [1.54, 1.807) is 0 Å². The smallest absolute Gasteiger partial charge is 0.157 e. The van der Waals surface area contributed by atoms with Gasteiger partial charge in [0.2, 0.25) is 0 Å². The topological polar surface area (TPSA) is 39.5 Å². The SMILES string of the molecule is CCc1nccn1[C@H]1CCCN(CCO[C@@H]2CCCCO2)C1. The summed E-state index contributed by atoms with van der Waals surface area (Å²) in [5.41, 5.74) is 0. The molecule has 3 rings (SSSR count). The third kappa shape index (κ3) is 4.09. The maximum atomic E-state index is 5.87. The summed E-state index contributed by atoms with van der Waals surface area (Å²) in [6, 6.07) is 0.567. The van der Waals surface area contributed by atoms with Crippen molar-refractivity contribution in [2.24, 2.45) is 0 Å². The molecule has 0 radical (unpaired) electrons. The number of aryl methyl sites for hydroxylation is 1. The van der Waals surface area contributed by atoms with Crippen LogP contribution in [0.15, 0.2) is 12.4 Å². The average Bonchev–Trinajstić information content (AvgIpc) is 3.05. The molecule has 5 nitrogen and oxygen atoms in total. The number of imidazole rings is 1. The highest BCUT2D eigenvalue weighted by atomic mass is 16.7. The molecule has 1 aromatic rings. The molecule has 2 fully saturated rings. The second kappa shape index (κ2) is 8.09. The first-order valence-electron chi connectivity index (χ1n) is 8.84. The van der Waals surface area contributed by atoms with Crippen LogP contribution in [0.25, 0.3) is 0 Å². The summed E-state index contributed by atoms with van der Waals surface area (Å²) < 4.78 is 13.9. The molecule has 0 aliphatic carbocycles. The Bertz CT molecular complexity index is 443. The van der Waals surface area contributed by atoms with Gasteiger partial charge in [0, 0.05) is 44.6 Å². The molecule has 0 unspecified atom stereocenters. The summed E-state index contributed by atoms with van der Waals surface area (Å²) in [5.74, 6) is 1.21. The van der Waals surface area contributed by atoms with E-state index >= 15 is 0 Å². The fourth-order valence-corrected chi connectivity index (χ4v) is 3.57. The van der Waals surface area contributed by atoms with Crippen molar-refractivity contribution in [1.29, 1.82) is 0 Å². The van der Waals surface area contributed by atoms with E-state index in [-0.39, 0.29) is 6.29 Å². The Morgan fingerprint density at radius 3 is 3.09 bits per heavy atom. The number of nitrogens with zero attached hydrogens (tertiary/aromatic N) is 3. The normalized spacial score (nSPS) is 27.1. The molecule has 3 heterocycles. The first kappa shape index (κ1) is 16.0. The molecule has 2 atom stereocenters. The molecule has 0 saturated carbocycles. The zero-order valence-corrected chi connectivity index (χ0v) is 13.7. The fraction of sp³-hybridized carbons (Fsp3) is 0.824.